The molecule has 0 aromatic heterocycles. The lowest BCUT2D eigenvalue weighted by molar-refractivity contribution is -0.170. The molecule has 4 aromatic rings. The molecule has 1 heterocycles. The van der Waals surface area contributed by atoms with Crippen LogP contribution >= 0.6 is 23.2 Å². The van der Waals surface area contributed by atoms with Gasteiger partial charge in [-0.3, -0.25) is 14.4 Å². The van der Waals surface area contributed by atoms with Crippen LogP contribution < -0.4 is 0 Å². The van der Waals surface area contributed by atoms with E-state index >= 15 is 0 Å². The number of hydrogen-bond donors (Lipinski definition) is 4. The number of likely N-dealkylation sites (N-methyl/N-ethyl adjacent to an activating group) is 1. The van der Waals surface area contributed by atoms with Gasteiger partial charge in [-0.1, -0.05) is 77.8 Å². The second-order valence-corrected chi connectivity index (χ2v) is 14.7. The number of halogens is 2. The molecule has 1 atom stereocenters. The number of hydrogen-bond acceptors (Lipinski definition) is 8. The zero-order valence-electron chi connectivity index (χ0n) is 30.7. The molecule has 1 aliphatic rings. The number of amides is 1. The third-order valence-corrected chi connectivity index (χ3v) is 10.7. The number of aldehydes is 1. The Morgan fingerprint density at radius 3 is 2.18 bits per heavy atom. The molecule has 1 aliphatic heterocycles. The Hall–Kier alpha value is -5.32. The van der Waals surface area contributed by atoms with Crippen molar-refractivity contribution in [2.75, 3.05) is 33.2 Å². The number of benzene rings is 4. The Balaban J connectivity index is 0.000000460. The summed E-state index contributed by atoms with van der Waals surface area (Å²) in [6.07, 6.45) is 2.11. The van der Waals surface area contributed by atoms with Crippen molar-refractivity contribution >= 4 is 64.1 Å². The van der Waals surface area contributed by atoms with Gasteiger partial charge in [-0.15, -0.1) is 0 Å². The lowest BCUT2D eigenvalue weighted by Crippen LogP contribution is -2.42. The number of piperidine rings is 1. The summed E-state index contributed by atoms with van der Waals surface area (Å²) < 4.78 is 0. The van der Waals surface area contributed by atoms with Gasteiger partial charge in [0.15, 0.2) is 5.60 Å². The molecule has 14 heteroatoms. The number of carboxylic acids is 3. The molecule has 0 unspecified atom stereocenters. The van der Waals surface area contributed by atoms with Crippen LogP contribution in [0.25, 0.3) is 10.8 Å². The number of likely N-dealkylation sites (tertiary alicyclic amines) is 1. The molecule has 5 rings (SSSR count). The van der Waals surface area contributed by atoms with Crippen LogP contribution in [0.1, 0.15) is 76.6 Å². The Labute approximate surface area is 334 Å². The topological polar surface area (TPSA) is 197 Å². The number of nitrogens with zero attached hydrogens (tertiary/aromatic N) is 3. The lowest BCUT2D eigenvalue weighted by atomic mass is 9.85. The number of carboxylic acid groups (broad SMARTS) is 3. The number of carbonyl (C=O) groups excluding carboxylic acids is 2. The first-order valence-corrected chi connectivity index (χ1v) is 18.7. The van der Waals surface area contributed by atoms with Gasteiger partial charge in [-0.2, -0.15) is 5.26 Å². The normalized spacial score (nSPS) is 13.8. The minimum atomic E-state index is -2.74. The van der Waals surface area contributed by atoms with E-state index in [9.17, 15) is 29.2 Å². The van der Waals surface area contributed by atoms with Crippen molar-refractivity contribution < 1.29 is 44.4 Å². The first-order chi connectivity index (χ1) is 26.6. The average molecular weight is 805 g/mol. The van der Waals surface area contributed by atoms with E-state index in [1.807, 2.05) is 61.6 Å². The van der Waals surface area contributed by atoms with Crippen LogP contribution in [0, 0.1) is 11.3 Å². The molecule has 0 spiro atoms. The molecule has 0 saturated carbocycles. The number of aliphatic hydroxyl groups is 1. The number of fused-ring (bicyclic) bond motifs is 1. The van der Waals surface area contributed by atoms with Gasteiger partial charge in [0.05, 0.1) is 34.5 Å². The minimum absolute atomic E-state index is 0.0418. The van der Waals surface area contributed by atoms with Crippen molar-refractivity contribution in [1.82, 2.24) is 9.80 Å². The summed E-state index contributed by atoms with van der Waals surface area (Å²) in [5, 5.41) is 46.1. The van der Waals surface area contributed by atoms with Crippen LogP contribution in [0.5, 0.6) is 0 Å². The zero-order valence-corrected chi connectivity index (χ0v) is 32.2. The largest absolute Gasteiger partial charge is 0.481 e. The van der Waals surface area contributed by atoms with E-state index < -0.39 is 36.4 Å². The molecule has 56 heavy (non-hydrogen) atoms. The molecule has 1 amide bonds. The second kappa shape index (κ2) is 20.0. The fourth-order valence-electron chi connectivity index (χ4n) is 7.03. The van der Waals surface area contributed by atoms with Gasteiger partial charge in [0.25, 0.3) is 5.91 Å². The van der Waals surface area contributed by atoms with Crippen molar-refractivity contribution in [3.8, 4) is 6.07 Å². The van der Waals surface area contributed by atoms with E-state index in [0.717, 1.165) is 67.1 Å². The first-order valence-electron chi connectivity index (χ1n) is 17.9. The summed E-state index contributed by atoms with van der Waals surface area (Å²) in [7, 11) is 1.82. The highest BCUT2D eigenvalue weighted by Crippen LogP contribution is 2.33. The van der Waals surface area contributed by atoms with E-state index in [1.54, 1.807) is 11.0 Å². The van der Waals surface area contributed by atoms with Crippen LogP contribution in [0.2, 0.25) is 10.0 Å². The molecule has 0 radical (unpaired) electrons. The third-order valence-electron chi connectivity index (χ3n) is 9.94. The Morgan fingerprint density at radius 2 is 1.57 bits per heavy atom. The smallest absolute Gasteiger partial charge is 0.336 e. The molecule has 1 fully saturated rings. The van der Waals surface area contributed by atoms with Gasteiger partial charge in [0.2, 0.25) is 0 Å². The van der Waals surface area contributed by atoms with E-state index in [4.69, 9.17) is 43.6 Å². The molecular weight excluding hydrogens is 761 g/mol. The van der Waals surface area contributed by atoms with Crippen molar-refractivity contribution in [3.63, 3.8) is 0 Å². The van der Waals surface area contributed by atoms with E-state index in [-0.39, 0.29) is 11.8 Å². The van der Waals surface area contributed by atoms with Crippen LogP contribution in [0.15, 0.2) is 78.9 Å². The maximum Gasteiger partial charge on any atom is 0.336 e. The predicted octanol–water partition coefficient (Wildman–Crippen LogP) is 6.64. The van der Waals surface area contributed by atoms with Crippen LogP contribution in [-0.2, 0) is 25.6 Å². The van der Waals surface area contributed by atoms with Gasteiger partial charge in [-0.25, -0.2) is 4.79 Å². The standard InChI is InChI=1S/C36H35Cl2N3O2.C6H8O7/c1-40(36(43)33-21-25(23-39)20-29-7-3-5-9-32(29)33)24-30(28-10-11-34(37)35(38)22-28)14-18-41-16-12-27(13-17-41)31-8-4-2-6-26(31)15-19-42;7-3(8)1-6(13,5(11)12)2-4(9)10/h2-11,19-22,27,30H,12-18,24H2,1H3;13H,1-2H2,(H,7,8)(H,9,10)(H,11,12)/t30-;/m1./s1. The average Bonchev–Trinajstić information content (AvgIpc) is 3.17. The number of nitriles is 1. The third kappa shape index (κ3) is 11.6. The highest BCUT2D eigenvalue weighted by atomic mass is 35.5. The molecule has 1 saturated heterocycles. The second-order valence-electron chi connectivity index (χ2n) is 13.9. The number of rotatable bonds is 15. The highest BCUT2D eigenvalue weighted by Gasteiger charge is 2.40. The Kier molecular flexibility index (Phi) is 15.5. The summed E-state index contributed by atoms with van der Waals surface area (Å²) in [6, 6.07) is 27.4. The SMILES string of the molecule is CN(C[C@@H](CCN1CCC(c2ccccc2CC=O)CC1)c1ccc(Cl)c(Cl)c1)C(=O)c1cc(C#N)cc2ccccc12.O=C(O)CC(O)(CC(=O)O)C(=O)O. The van der Waals surface area contributed by atoms with Crippen molar-refractivity contribution in [2.45, 2.75) is 56.0 Å². The summed E-state index contributed by atoms with van der Waals surface area (Å²) in [6.45, 7) is 3.35. The molecule has 4 aromatic carbocycles. The van der Waals surface area contributed by atoms with E-state index in [2.05, 4.69) is 29.2 Å². The summed E-state index contributed by atoms with van der Waals surface area (Å²) in [5.41, 5.74) is 1.74. The Morgan fingerprint density at radius 1 is 0.929 bits per heavy atom. The van der Waals surface area contributed by atoms with Gasteiger partial charge < -0.3 is 35.0 Å². The minimum Gasteiger partial charge on any atom is -0.481 e. The van der Waals surface area contributed by atoms with Crippen molar-refractivity contribution in [1.29, 1.82) is 5.26 Å². The summed E-state index contributed by atoms with van der Waals surface area (Å²) in [5.74, 6) is -4.64. The fourth-order valence-corrected chi connectivity index (χ4v) is 7.34. The maximum absolute atomic E-state index is 13.8. The van der Waals surface area contributed by atoms with Crippen LogP contribution in [0.4, 0.5) is 0 Å². The van der Waals surface area contributed by atoms with Gasteiger partial charge >= 0.3 is 17.9 Å². The molecule has 0 bridgehead atoms. The van der Waals surface area contributed by atoms with Crippen LogP contribution in [-0.4, -0.2) is 99.2 Å². The quantitative estimate of drug-likeness (QED) is 0.0941. The Bertz CT molecular complexity index is 2090. The maximum atomic E-state index is 13.8. The first kappa shape index (κ1) is 43.4. The fraction of sp³-hybridized carbons (Fsp3) is 0.333. The number of aliphatic carboxylic acids is 3. The van der Waals surface area contributed by atoms with E-state index in [0.29, 0.717) is 40.1 Å². The predicted molar refractivity (Wildman–Crippen MR) is 211 cm³/mol. The number of carbonyl (C=O) groups is 5. The highest BCUT2D eigenvalue weighted by molar-refractivity contribution is 6.42. The lowest BCUT2D eigenvalue weighted by Gasteiger charge is -2.34. The molecule has 12 nitrogen and oxygen atoms in total. The van der Waals surface area contributed by atoms with Crippen molar-refractivity contribution in [3.05, 3.63) is 117 Å². The summed E-state index contributed by atoms with van der Waals surface area (Å²) in [4.78, 5) is 59.7. The summed E-state index contributed by atoms with van der Waals surface area (Å²) >= 11 is 12.7. The zero-order chi connectivity index (χ0) is 41.0. The van der Waals surface area contributed by atoms with Gasteiger partial charge in [0.1, 0.15) is 6.29 Å². The van der Waals surface area contributed by atoms with Gasteiger partial charge in [0, 0.05) is 31.5 Å². The monoisotopic (exact) mass is 803 g/mol. The van der Waals surface area contributed by atoms with Crippen molar-refractivity contribution in [2.24, 2.45) is 0 Å². The van der Waals surface area contributed by atoms with Crippen LogP contribution in [0.3, 0.4) is 0 Å². The van der Waals surface area contributed by atoms with Gasteiger partial charge in [-0.05, 0) is 96.5 Å². The molecule has 0 aliphatic carbocycles. The molecule has 4 N–H and O–H groups in total. The molecule has 294 valence electrons. The molecular formula is C42H43Cl2N3O9. The van der Waals surface area contributed by atoms with E-state index in [1.165, 1.54) is 5.56 Å².